The Bertz CT molecular complexity index is 7050. The molecule has 14 N–H and O–H groups in total. The van der Waals surface area contributed by atoms with Gasteiger partial charge in [0, 0.05) is 157 Å². The number of nitrogens with zero attached hydrogens (tertiary/aromatic N) is 7. The molecule has 0 aliphatic heterocycles. The number of carbonyl (C=O) groups is 4. The molecule has 0 aliphatic carbocycles. The molecule has 34 nitrogen and oxygen atoms in total. The molecule has 135 heavy (non-hydrogen) atoms. The molecule has 0 bridgehead atoms. The molecule has 11 aromatic carbocycles. The number of carbonyl (C=O) groups excluding carboxylic acids is 4. The van der Waals surface area contributed by atoms with Crippen LogP contribution in [0.5, 0.6) is 40.2 Å². The summed E-state index contributed by atoms with van der Waals surface area (Å²) >= 11 is 0. The van der Waals surface area contributed by atoms with Crippen LogP contribution in [0, 0.1) is 0 Å². The Morgan fingerprint density at radius 2 is 0.926 bits per heavy atom. The van der Waals surface area contributed by atoms with E-state index in [2.05, 4.69) is 25.1 Å². The van der Waals surface area contributed by atoms with E-state index in [0.717, 1.165) is 23.9 Å². The van der Waals surface area contributed by atoms with Crippen LogP contribution in [-0.2, 0) is 57.1 Å². The van der Waals surface area contributed by atoms with Crippen molar-refractivity contribution in [3.05, 3.63) is 247 Å². The molecule has 0 fully saturated rings. The smallest absolute Gasteiger partial charge is 0.356 e. The van der Waals surface area contributed by atoms with Crippen molar-refractivity contribution in [2.24, 2.45) is 0 Å². The van der Waals surface area contributed by atoms with E-state index in [1.165, 1.54) is 86.5 Å². The molecule has 0 unspecified atom stereocenters. The molecule has 2 amide bonds. The maximum absolute atomic E-state index is 14.7. The number of hydrogen-bond donors (Lipinski definition) is 12. The SMILES string of the molecule is CCOc1ccc(-c2nc(-c3cc(CC(C)=O)c(O)c(CC(C)=O)c3)n(S(=O)(=O)c3ccccc3)c2-c2ccc(OCC)cc2)cc1.CNC(=O)c1cc(-c2nc(-c3ccc(N)cc3)c(-c3ccc(N)cc3)n2-c2cccc(P(=O)(O)O)c2)cc(C(=O)NC)c1O.COc1cc(N(C)C)ccc1-c1nc(-c2cc(NS(C)(=O)=O)c(O)c(NS(C)(=O)=O)c2)[nH]c1-c1ccc(N(C)C)cc1OC. The van der Waals surface area contributed by atoms with E-state index in [1.807, 2.05) is 100 Å². The fraction of sp³-hybridized carbons (Fsp3) is 0.186. The summed E-state index contributed by atoms with van der Waals surface area (Å²) in [6, 6.07) is 62.1. The molecule has 14 aromatic rings. The van der Waals surface area contributed by atoms with Crippen molar-refractivity contribution in [1.29, 1.82) is 0 Å². The van der Waals surface area contributed by atoms with Crippen LogP contribution in [-0.4, -0.2) is 184 Å². The second-order valence-corrected chi connectivity index (χ2v) is 38.3. The summed E-state index contributed by atoms with van der Waals surface area (Å²) < 4.78 is 120. The van der Waals surface area contributed by atoms with Gasteiger partial charge in [0.25, 0.3) is 21.8 Å². The highest BCUT2D eigenvalue weighted by molar-refractivity contribution is 7.92. The number of methoxy groups -OCH3 is 2. The lowest BCUT2D eigenvalue weighted by atomic mass is 9.97. The van der Waals surface area contributed by atoms with Gasteiger partial charge in [0.1, 0.15) is 63.4 Å². The van der Waals surface area contributed by atoms with Crippen molar-refractivity contribution in [3.63, 3.8) is 0 Å². The number of aromatic hydroxyl groups is 3. The highest BCUT2D eigenvalue weighted by Gasteiger charge is 2.34. The van der Waals surface area contributed by atoms with E-state index < -0.39 is 61.0 Å². The maximum Gasteiger partial charge on any atom is 0.356 e. The Morgan fingerprint density at radius 1 is 0.481 bits per heavy atom. The third-order valence-corrected chi connectivity index (χ3v) is 24.8. The molecule has 702 valence electrons. The lowest BCUT2D eigenvalue weighted by Gasteiger charge is -2.17. The van der Waals surface area contributed by atoms with Crippen molar-refractivity contribution in [2.75, 3.05) is 113 Å². The van der Waals surface area contributed by atoms with Gasteiger partial charge in [0.15, 0.2) is 11.6 Å². The Hall–Kier alpha value is -15.3. The van der Waals surface area contributed by atoms with Gasteiger partial charge < -0.3 is 80.9 Å². The van der Waals surface area contributed by atoms with Gasteiger partial charge in [-0.1, -0.05) is 48.5 Å². The molecule has 0 saturated heterocycles. The molecule has 38 heteroatoms. The van der Waals surface area contributed by atoms with Crippen LogP contribution < -0.4 is 65.6 Å². The number of nitrogens with two attached hydrogens (primary N) is 2. The molecular formula is C97H101N14O20PS3. The van der Waals surface area contributed by atoms with Gasteiger partial charge >= 0.3 is 7.60 Å². The van der Waals surface area contributed by atoms with Crippen LogP contribution in [0.15, 0.2) is 229 Å². The Morgan fingerprint density at radius 3 is 1.39 bits per heavy atom. The van der Waals surface area contributed by atoms with Gasteiger partial charge in [-0.05, 0) is 191 Å². The van der Waals surface area contributed by atoms with E-state index in [-0.39, 0.29) is 103 Å². The predicted molar refractivity (Wildman–Crippen MR) is 524 cm³/mol. The quantitative estimate of drug-likeness (QED) is 0.0109. The summed E-state index contributed by atoms with van der Waals surface area (Å²) in [6.45, 7) is 7.50. The van der Waals surface area contributed by atoms with E-state index in [4.69, 9.17) is 45.4 Å². The number of imidazole rings is 3. The minimum Gasteiger partial charge on any atom is -0.507 e. The molecule has 0 spiro atoms. The van der Waals surface area contributed by atoms with Crippen LogP contribution >= 0.6 is 7.60 Å². The number of nitrogens with one attached hydrogen (secondary N) is 5. The van der Waals surface area contributed by atoms with Crippen molar-refractivity contribution < 1.29 is 93.1 Å². The highest BCUT2D eigenvalue weighted by atomic mass is 32.2. The number of aromatic nitrogens is 6. The van der Waals surface area contributed by atoms with Gasteiger partial charge in [-0.15, -0.1) is 0 Å². The van der Waals surface area contributed by atoms with Crippen molar-refractivity contribution in [3.8, 4) is 148 Å². The summed E-state index contributed by atoms with van der Waals surface area (Å²) in [5.74, 6) is -0.125. The number of nitrogen functional groups attached to an aromatic ring is 2. The number of benzene rings is 11. The summed E-state index contributed by atoms with van der Waals surface area (Å²) in [4.78, 5) is 92.2. The molecule has 0 aliphatic rings. The van der Waals surface area contributed by atoms with Crippen LogP contribution in [0.2, 0.25) is 0 Å². The Kier molecular flexibility index (Phi) is 30.2. The Labute approximate surface area is 780 Å². The lowest BCUT2D eigenvalue weighted by molar-refractivity contribution is -0.117. The normalized spacial score (nSPS) is 11.4. The third kappa shape index (κ3) is 22.7. The second-order valence-electron chi connectivity index (χ2n) is 31.4. The van der Waals surface area contributed by atoms with Crippen molar-refractivity contribution >= 4 is 100 Å². The molecule has 3 aromatic heterocycles. The minimum atomic E-state index is -4.66. The first-order valence-electron chi connectivity index (χ1n) is 41.7. The number of phenolic OH excluding ortho intramolecular Hbond substituents is 3. The second kappa shape index (κ2) is 41.3. The summed E-state index contributed by atoms with van der Waals surface area (Å²) in [7, 11) is -3.09. The van der Waals surface area contributed by atoms with Crippen LogP contribution in [0.4, 0.5) is 34.1 Å². The molecule has 3 heterocycles. The van der Waals surface area contributed by atoms with E-state index in [0.29, 0.717) is 126 Å². The van der Waals surface area contributed by atoms with Crippen LogP contribution in [0.1, 0.15) is 59.5 Å². The number of Topliss-reactive ketones (excluding diaryl/α,β-unsaturated/α-hetero) is 2. The number of aromatic amines is 1. The first-order valence-corrected chi connectivity index (χ1v) is 48.5. The molecule has 0 saturated carbocycles. The van der Waals surface area contributed by atoms with Crippen LogP contribution in [0.25, 0.3) is 107 Å². The third-order valence-electron chi connectivity index (χ3n) is 21.0. The van der Waals surface area contributed by atoms with E-state index in [1.54, 1.807) is 140 Å². The number of sulfonamides is 2. The number of H-pyrrole nitrogens is 1. The molecule has 0 atom stereocenters. The molecule has 14 rings (SSSR count). The first-order chi connectivity index (χ1) is 64.0. The standard InChI is InChI=1S/C37H36N2O7S.C31H29N6O6P.C29H36N6O7S2/c1-5-45-31-16-12-26(13-17-31)34-35(27-14-18-32(19-15-27)46-6-2)39(47(43,44)33-10-8-7-9-11-33)37(38-34)30-22-28(20-24(3)40)36(42)29(23-30)21-25(4)41;1-34-30(39)24-14-19(15-25(28(24)38)31(40)35-2)29-36-26(17-6-10-20(32)11-7-17)27(18-8-12-21(33)13-9-18)37(29)22-4-3-5-23(16-22)44(41,42)43;1-34(2)18-9-11-20(24(15-18)41-5)26-27(21-12-10-19(35(3)4)16-25(21)42-6)31-29(30-26)17-13-22(32-43(7,37)38)28(36)23(14-17)33-44(8,39)40/h7-19,22-23,42H,5-6,20-21H2,1-4H3;3-16,38H,32-33H2,1-2H3,(H,34,39)(H,35,40)(H2,41,42,43);9-16,32-33,36H,1-8H3,(H,30,31). The number of phenols is 3. The fourth-order valence-corrected chi connectivity index (χ4v) is 18.0. The lowest BCUT2D eigenvalue weighted by Crippen LogP contribution is -2.22. The van der Waals surface area contributed by atoms with Crippen molar-refractivity contribution in [1.82, 2.24) is 39.1 Å². The van der Waals surface area contributed by atoms with Gasteiger partial charge in [0.05, 0.1) is 101 Å². The maximum atomic E-state index is 14.7. The fourth-order valence-electron chi connectivity index (χ4n) is 14.8. The summed E-state index contributed by atoms with van der Waals surface area (Å²) in [5.41, 5.74) is 22.2. The van der Waals surface area contributed by atoms with Gasteiger partial charge in [-0.25, -0.2) is 44.2 Å². The number of amides is 2. The minimum absolute atomic E-state index is 0.0378. The molecular weight excluding hydrogens is 1810 g/mol. The average Bonchev–Trinajstić information content (AvgIpc) is 1.58. The highest BCUT2D eigenvalue weighted by Crippen LogP contribution is 2.48. The van der Waals surface area contributed by atoms with Gasteiger partial charge in [0.2, 0.25) is 20.0 Å². The Balaban J connectivity index is 0.000000182. The van der Waals surface area contributed by atoms with Crippen molar-refractivity contribution in [2.45, 2.75) is 45.4 Å². The number of ether oxygens (including phenoxy) is 4. The summed E-state index contributed by atoms with van der Waals surface area (Å²) in [5, 5.41) is 37.4. The van der Waals surface area contributed by atoms with Crippen LogP contribution in [0.3, 0.4) is 0 Å². The number of ketones is 2. The van der Waals surface area contributed by atoms with Gasteiger partial charge in [-0.3, -0.25) is 37.8 Å². The largest absolute Gasteiger partial charge is 0.507 e. The van der Waals surface area contributed by atoms with E-state index >= 15 is 0 Å². The number of anilines is 6. The predicted octanol–water partition coefficient (Wildman–Crippen LogP) is 14.2. The zero-order valence-electron chi connectivity index (χ0n) is 76.0. The monoisotopic (exact) mass is 1910 g/mol. The average molecular weight is 1910 g/mol. The molecule has 0 radical (unpaired) electrons. The number of hydrogen-bond acceptors (Lipinski definition) is 25. The van der Waals surface area contributed by atoms with E-state index in [9.17, 15) is 74.1 Å². The van der Waals surface area contributed by atoms with Gasteiger partial charge in [-0.2, -0.15) is 0 Å². The number of rotatable bonds is 31. The summed E-state index contributed by atoms with van der Waals surface area (Å²) in [6.07, 6.45) is 1.60. The first kappa shape index (κ1) is 98.8. The zero-order valence-corrected chi connectivity index (χ0v) is 79.4. The topological polar surface area (TPSA) is 497 Å². The zero-order chi connectivity index (χ0) is 98.0.